The summed E-state index contributed by atoms with van der Waals surface area (Å²) in [6.45, 7) is 0.741. The Morgan fingerprint density at radius 2 is 1.70 bits per heavy atom. The minimum absolute atomic E-state index is 0.213. The van der Waals surface area contributed by atoms with E-state index >= 15 is 0 Å². The van der Waals surface area contributed by atoms with Crippen LogP contribution in [-0.4, -0.2) is 41.4 Å². The molecule has 0 spiro atoms. The maximum atomic E-state index is 12.1. The zero-order chi connectivity index (χ0) is 16.1. The maximum Gasteiger partial charge on any atom is 0.410 e. The third kappa shape index (κ3) is 4.02. The van der Waals surface area contributed by atoms with Gasteiger partial charge in [0.2, 0.25) is 0 Å². The molecule has 1 aliphatic heterocycles. The number of β-amino-alcohol motifs (C(OH)–C–C–N with tert-alkyl or cyclic N) is 1. The Hall–Kier alpha value is -2.53. The highest BCUT2D eigenvalue weighted by atomic mass is 16.6. The van der Waals surface area contributed by atoms with E-state index < -0.39 is 18.3 Å². The molecule has 0 aromatic heterocycles. The molecular weight excluding hydrogens is 294 g/mol. The number of amides is 1. The van der Waals surface area contributed by atoms with Crippen molar-refractivity contribution < 1.29 is 19.4 Å². The molecular formula is C18H19NO4. The number of ether oxygens (including phenoxy) is 2. The largest absolute Gasteiger partial charge is 0.486 e. The molecule has 0 unspecified atom stereocenters. The van der Waals surface area contributed by atoms with Gasteiger partial charge in [-0.15, -0.1) is 0 Å². The molecule has 120 valence electrons. The quantitative estimate of drug-likeness (QED) is 0.942. The van der Waals surface area contributed by atoms with Gasteiger partial charge in [-0.05, 0) is 17.7 Å². The zero-order valence-electron chi connectivity index (χ0n) is 12.7. The molecule has 3 rings (SSSR count). The number of nitrogens with zero attached hydrogens (tertiary/aromatic N) is 1. The molecule has 2 aromatic rings. The van der Waals surface area contributed by atoms with Crippen LogP contribution >= 0.6 is 0 Å². The smallest absolute Gasteiger partial charge is 0.410 e. The topological polar surface area (TPSA) is 59.0 Å². The van der Waals surface area contributed by atoms with Gasteiger partial charge in [0.1, 0.15) is 24.6 Å². The summed E-state index contributed by atoms with van der Waals surface area (Å²) in [4.78, 5) is 13.6. The van der Waals surface area contributed by atoms with Crippen molar-refractivity contribution in [3.05, 3.63) is 66.2 Å². The molecule has 2 aromatic carbocycles. The van der Waals surface area contributed by atoms with E-state index in [1.807, 2.05) is 60.7 Å². The highest BCUT2D eigenvalue weighted by molar-refractivity contribution is 5.68. The second-order valence-corrected chi connectivity index (χ2v) is 5.48. The molecule has 1 saturated heterocycles. The maximum absolute atomic E-state index is 12.1. The number of rotatable bonds is 4. The van der Waals surface area contributed by atoms with Crippen LogP contribution in [0.1, 0.15) is 5.56 Å². The average Bonchev–Trinajstić information content (AvgIpc) is 2.95. The zero-order valence-corrected chi connectivity index (χ0v) is 12.7. The molecule has 1 fully saturated rings. The Balaban J connectivity index is 1.52. The lowest BCUT2D eigenvalue weighted by atomic mass is 10.2. The fourth-order valence-corrected chi connectivity index (χ4v) is 2.51. The van der Waals surface area contributed by atoms with Gasteiger partial charge in [0.15, 0.2) is 0 Å². The van der Waals surface area contributed by atoms with Gasteiger partial charge in [0.25, 0.3) is 0 Å². The SMILES string of the molecule is O=C(OCc1ccccc1)N1C[C@@H](O)[C@H](Oc2ccccc2)C1. The molecule has 0 bridgehead atoms. The monoisotopic (exact) mass is 313 g/mol. The van der Waals surface area contributed by atoms with E-state index in [1.54, 1.807) is 0 Å². The van der Waals surface area contributed by atoms with Gasteiger partial charge in [-0.25, -0.2) is 4.79 Å². The van der Waals surface area contributed by atoms with E-state index in [0.717, 1.165) is 5.56 Å². The lowest BCUT2D eigenvalue weighted by Crippen LogP contribution is -2.31. The summed E-state index contributed by atoms with van der Waals surface area (Å²) < 4.78 is 11.0. The molecule has 1 N–H and O–H groups in total. The van der Waals surface area contributed by atoms with Gasteiger partial charge in [-0.1, -0.05) is 48.5 Å². The number of carbonyl (C=O) groups excluding carboxylic acids is 1. The summed E-state index contributed by atoms with van der Waals surface area (Å²) in [5, 5.41) is 10.1. The first-order chi connectivity index (χ1) is 11.2. The Morgan fingerprint density at radius 3 is 2.39 bits per heavy atom. The van der Waals surface area contributed by atoms with Gasteiger partial charge in [-0.3, -0.25) is 0 Å². The molecule has 0 saturated carbocycles. The summed E-state index contributed by atoms with van der Waals surface area (Å²) in [5.74, 6) is 0.677. The summed E-state index contributed by atoms with van der Waals surface area (Å²) in [6.07, 6.45) is -1.60. The van der Waals surface area contributed by atoms with Crippen molar-refractivity contribution in [1.82, 2.24) is 4.90 Å². The third-order valence-electron chi connectivity index (χ3n) is 3.73. The number of hydrogen-bond acceptors (Lipinski definition) is 4. The second-order valence-electron chi connectivity index (χ2n) is 5.48. The van der Waals surface area contributed by atoms with Crippen LogP contribution in [0.2, 0.25) is 0 Å². The van der Waals surface area contributed by atoms with Crippen molar-refractivity contribution in [1.29, 1.82) is 0 Å². The predicted molar refractivity (Wildman–Crippen MR) is 85.1 cm³/mol. The summed E-state index contributed by atoms with van der Waals surface area (Å²) >= 11 is 0. The Bertz CT molecular complexity index is 632. The molecule has 23 heavy (non-hydrogen) atoms. The average molecular weight is 313 g/mol. The number of aliphatic hydroxyl groups is 1. The molecule has 1 amide bonds. The van der Waals surface area contributed by atoms with Crippen molar-refractivity contribution in [2.24, 2.45) is 0 Å². The molecule has 0 aliphatic carbocycles. The van der Waals surface area contributed by atoms with Gasteiger partial charge in [0, 0.05) is 0 Å². The summed E-state index contributed by atoms with van der Waals surface area (Å²) in [6, 6.07) is 18.8. The highest BCUT2D eigenvalue weighted by Crippen LogP contribution is 2.19. The number of para-hydroxylation sites is 1. The number of hydrogen-bond donors (Lipinski definition) is 1. The number of aliphatic hydroxyl groups excluding tert-OH is 1. The molecule has 1 heterocycles. The first-order valence-corrected chi connectivity index (χ1v) is 7.58. The van der Waals surface area contributed by atoms with Gasteiger partial charge in [-0.2, -0.15) is 0 Å². The van der Waals surface area contributed by atoms with Crippen LogP contribution in [0, 0.1) is 0 Å². The molecule has 2 atom stereocenters. The van der Waals surface area contributed by atoms with Crippen molar-refractivity contribution in [3.8, 4) is 5.75 Å². The molecule has 5 nitrogen and oxygen atoms in total. The van der Waals surface area contributed by atoms with E-state index in [2.05, 4.69) is 0 Å². The van der Waals surface area contributed by atoms with Crippen LogP contribution in [-0.2, 0) is 11.3 Å². The van der Waals surface area contributed by atoms with Crippen LogP contribution in [0.5, 0.6) is 5.75 Å². The first kappa shape index (κ1) is 15.4. The Labute approximate surface area is 135 Å². The van der Waals surface area contributed by atoms with Crippen LogP contribution in [0.15, 0.2) is 60.7 Å². The van der Waals surface area contributed by atoms with E-state index in [1.165, 1.54) is 4.90 Å². The Morgan fingerprint density at radius 1 is 1.04 bits per heavy atom. The second kappa shape index (κ2) is 7.15. The van der Waals surface area contributed by atoms with E-state index in [4.69, 9.17) is 9.47 Å². The van der Waals surface area contributed by atoms with Gasteiger partial charge in [0.05, 0.1) is 13.1 Å². The fraction of sp³-hybridized carbons (Fsp3) is 0.278. The van der Waals surface area contributed by atoms with Crippen LogP contribution in [0.25, 0.3) is 0 Å². The fourth-order valence-electron chi connectivity index (χ4n) is 2.51. The molecule has 5 heteroatoms. The van der Waals surface area contributed by atoms with Crippen molar-refractivity contribution in [3.63, 3.8) is 0 Å². The predicted octanol–water partition coefficient (Wildman–Crippen LogP) is 2.45. The van der Waals surface area contributed by atoms with Crippen LogP contribution < -0.4 is 4.74 Å². The molecule has 1 aliphatic rings. The number of likely N-dealkylation sites (tertiary alicyclic amines) is 1. The number of benzene rings is 2. The summed E-state index contributed by atoms with van der Waals surface area (Å²) in [7, 11) is 0. The highest BCUT2D eigenvalue weighted by Gasteiger charge is 2.36. The lowest BCUT2D eigenvalue weighted by molar-refractivity contribution is 0.0735. The van der Waals surface area contributed by atoms with Crippen molar-refractivity contribution in [2.75, 3.05) is 13.1 Å². The normalized spacial score (nSPS) is 20.3. The minimum atomic E-state index is -0.723. The van der Waals surface area contributed by atoms with Crippen molar-refractivity contribution >= 4 is 6.09 Å². The first-order valence-electron chi connectivity index (χ1n) is 7.58. The van der Waals surface area contributed by atoms with Gasteiger partial charge < -0.3 is 19.5 Å². The minimum Gasteiger partial charge on any atom is -0.486 e. The van der Waals surface area contributed by atoms with E-state index in [9.17, 15) is 9.90 Å². The van der Waals surface area contributed by atoms with Crippen molar-refractivity contribution in [2.45, 2.75) is 18.8 Å². The third-order valence-corrected chi connectivity index (χ3v) is 3.73. The van der Waals surface area contributed by atoms with Gasteiger partial charge >= 0.3 is 6.09 Å². The van der Waals surface area contributed by atoms with E-state index in [-0.39, 0.29) is 13.2 Å². The summed E-state index contributed by atoms with van der Waals surface area (Å²) in [5.41, 5.74) is 0.928. The van der Waals surface area contributed by atoms with E-state index in [0.29, 0.717) is 12.3 Å². The number of carbonyl (C=O) groups is 1. The molecule has 0 radical (unpaired) electrons. The standard InChI is InChI=1S/C18H19NO4/c20-16-11-19(12-17(16)23-15-9-5-2-6-10-15)18(21)22-13-14-7-3-1-4-8-14/h1-10,16-17,20H,11-13H2/t16-,17-/m1/s1. The lowest BCUT2D eigenvalue weighted by Gasteiger charge is -2.17. The van der Waals surface area contributed by atoms with Crippen LogP contribution in [0.3, 0.4) is 0 Å². The van der Waals surface area contributed by atoms with Crippen LogP contribution in [0.4, 0.5) is 4.79 Å². The Kier molecular flexibility index (Phi) is 4.78.